The minimum atomic E-state index is -0.785. The molecule has 0 N–H and O–H groups in total. The molecular formula is C74H130O6. The van der Waals surface area contributed by atoms with Crippen LogP contribution < -0.4 is 0 Å². The Bertz CT molecular complexity index is 1520. The van der Waals surface area contributed by atoms with Gasteiger partial charge in [-0.15, -0.1) is 0 Å². The van der Waals surface area contributed by atoms with E-state index in [9.17, 15) is 14.4 Å². The molecule has 0 aliphatic rings. The molecule has 0 spiro atoms. The van der Waals surface area contributed by atoms with Crippen LogP contribution in [0.1, 0.15) is 348 Å². The van der Waals surface area contributed by atoms with Crippen molar-refractivity contribution in [3.05, 3.63) is 85.1 Å². The standard InChI is InChI=1S/C74H130O6/c1-4-7-10-13-16-19-22-25-28-31-33-35-36-37-38-40-41-43-46-49-52-55-58-61-64-67-73(76)79-70-71(69-78-72(75)66-63-60-57-54-51-48-45-30-27-24-21-18-15-12-9-6-3)80-74(77)68-65-62-59-56-53-50-47-44-42-39-34-32-29-26-23-20-17-14-11-8-5-2/h7,10,16,19,23,25-26,28,32-35,42,44,71H,4-6,8-9,11-15,17-18,20-22,24,27,29-31,36-41,43,45-70H2,1-3H3/b10-7-,19-16-,26-23-,28-25-,34-32-,35-33-,44-42-. The van der Waals surface area contributed by atoms with Crippen molar-refractivity contribution in [2.24, 2.45) is 0 Å². The van der Waals surface area contributed by atoms with Crippen molar-refractivity contribution in [3.8, 4) is 0 Å². The fourth-order valence-electron chi connectivity index (χ4n) is 9.97. The highest BCUT2D eigenvalue weighted by Crippen LogP contribution is 2.17. The van der Waals surface area contributed by atoms with Crippen LogP contribution in [-0.4, -0.2) is 37.2 Å². The molecule has 0 heterocycles. The number of hydrogen-bond acceptors (Lipinski definition) is 6. The van der Waals surface area contributed by atoms with Gasteiger partial charge >= 0.3 is 17.9 Å². The van der Waals surface area contributed by atoms with Crippen LogP contribution in [0.2, 0.25) is 0 Å². The summed E-state index contributed by atoms with van der Waals surface area (Å²) >= 11 is 0. The molecule has 0 fully saturated rings. The van der Waals surface area contributed by atoms with Gasteiger partial charge in [0.2, 0.25) is 0 Å². The van der Waals surface area contributed by atoms with E-state index >= 15 is 0 Å². The smallest absolute Gasteiger partial charge is 0.306 e. The molecule has 1 atom stereocenters. The second kappa shape index (κ2) is 68.1. The zero-order valence-corrected chi connectivity index (χ0v) is 53.1. The second-order valence-corrected chi connectivity index (χ2v) is 23.1. The number of carbonyl (C=O) groups excluding carboxylic acids is 3. The number of hydrogen-bond donors (Lipinski definition) is 0. The third kappa shape index (κ3) is 65.4. The van der Waals surface area contributed by atoms with E-state index < -0.39 is 6.10 Å². The summed E-state index contributed by atoms with van der Waals surface area (Å²) in [4.78, 5) is 38.5. The maximum absolute atomic E-state index is 13.0. The van der Waals surface area contributed by atoms with E-state index in [1.54, 1.807) is 0 Å². The minimum absolute atomic E-state index is 0.0786. The molecular weight excluding hydrogens is 985 g/mol. The summed E-state index contributed by atoms with van der Waals surface area (Å²) in [5.74, 6) is -0.874. The summed E-state index contributed by atoms with van der Waals surface area (Å²) < 4.78 is 17.0. The van der Waals surface area contributed by atoms with Gasteiger partial charge in [0.15, 0.2) is 6.10 Å². The Hall–Kier alpha value is -3.41. The SMILES string of the molecule is CC/C=C\C/C=C\C/C=C\C/C=C\CCCCCCCCCCCCCCC(=O)OCC(COC(=O)CCCCCCCCCCCCCCCCCC)OC(=O)CCCCCCCC/C=C\C/C=C\C/C=C\CCCCCCC. The van der Waals surface area contributed by atoms with Crippen molar-refractivity contribution in [2.75, 3.05) is 13.2 Å². The molecule has 0 rings (SSSR count). The monoisotopic (exact) mass is 1110 g/mol. The Morgan fingerprint density at radius 2 is 0.487 bits per heavy atom. The van der Waals surface area contributed by atoms with Gasteiger partial charge in [0, 0.05) is 19.3 Å². The Labute approximate surface area is 496 Å². The van der Waals surface area contributed by atoms with Crippen LogP contribution >= 0.6 is 0 Å². The normalized spacial score (nSPS) is 12.6. The molecule has 0 aromatic heterocycles. The molecule has 80 heavy (non-hydrogen) atoms. The van der Waals surface area contributed by atoms with Crippen molar-refractivity contribution >= 4 is 17.9 Å². The van der Waals surface area contributed by atoms with Crippen LogP contribution in [-0.2, 0) is 28.6 Å². The van der Waals surface area contributed by atoms with E-state index in [0.717, 1.165) is 109 Å². The third-order valence-electron chi connectivity index (χ3n) is 15.1. The second-order valence-electron chi connectivity index (χ2n) is 23.1. The lowest BCUT2D eigenvalue weighted by atomic mass is 10.0. The van der Waals surface area contributed by atoms with Crippen LogP contribution in [0.15, 0.2) is 85.1 Å². The number of ether oxygens (including phenoxy) is 3. The van der Waals surface area contributed by atoms with E-state index in [2.05, 4.69) is 106 Å². The molecule has 1 unspecified atom stereocenters. The molecule has 0 aromatic rings. The number of rotatable bonds is 63. The Balaban J connectivity index is 4.35. The molecule has 6 nitrogen and oxygen atoms in total. The van der Waals surface area contributed by atoms with Crippen LogP contribution in [0.5, 0.6) is 0 Å². The summed E-state index contributed by atoms with van der Waals surface area (Å²) in [5.41, 5.74) is 0. The summed E-state index contributed by atoms with van der Waals surface area (Å²) in [6, 6.07) is 0. The average Bonchev–Trinajstić information content (AvgIpc) is 3.46. The first-order valence-corrected chi connectivity index (χ1v) is 34.6. The van der Waals surface area contributed by atoms with Gasteiger partial charge in [0.05, 0.1) is 0 Å². The average molecular weight is 1120 g/mol. The van der Waals surface area contributed by atoms with Gasteiger partial charge < -0.3 is 14.2 Å². The van der Waals surface area contributed by atoms with Gasteiger partial charge in [-0.3, -0.25) is 14.4 Å². The fourth-order valence-corrected chi connectivity index (χ4v) is 9.97. The molecule has 0 saturated carbocycles. The number of carbonyl (C=O) groups is 3. The highest BCUT2D eigenvalue weighted by Gasteiger charge is 2.19. The van der Waals surface area contributed by atoms with Crippen LogP contribution in [0.4, 0.5) is 0 Å². The van der Waals surface area contributed by atoms with Crippen molar-refractivity contribution in [2.45, 2.75) is 354 Å². The molecule has 0 amide bonds. The topological polar surface area (TPSA) is 78.9 Å². The largest absolute Gasteiger partial charge is 0.462 e. The predicted octanol–water partition coefficient (Wildman–Crippen LogP) is 23.8. The van der Waals surface area contributed by atoms with Gasteiger partial charge in [0.1, 0.15) is 13.2 Å². The molecule has 6 heteroatoms. The lowest BCUT2D eigenvalue weighted by molar-refractivity contribution is -0.167. The summed E-state index contributed by atoms with van der Waals surface area (Å²) in [5, 5.41) is 0. The van der Waals surface area contributed by atoms with Gasteiger partial charge in [-0.25, -0.2) is 0 Å². The molecule has 0 bridgehead atoms. The Morgan fingerprint density at radius 3 is 0.762 bits per heavy atom. The van der Waals surface area contributed by atoms with Gasteiger partial charge in [-0.05, 0) is 96.3 Å². The van der Waals surface area contributed by atoms with Crippen molar-refractivity contribution < 1.29 is 28.6 Å². The van der Waals surface area contributed by atoms with E-state index in [4.69, 9.17) is 14.2 Å². The first kappa shape index (κ1) is 76.6. The lowest BCUT2D eigenvalue weighted by Crippen LogP contribution is -2.30. The predicted molar refractivity (Wildman–Crippen MR) is 348 cm³/mol. The van der Waals surface area contributed by atoms with Gasteiger partial charge in [0.25, 0.3) is 0 Å². The van der Waals surface area contributed by atoms with Crippen LogP contribution in [0.3, 0.4) is 0 Å². The number of esters is 3. The Morgan fingerprint density at radius 1 is 0.263 bits per heavy atom. The van der Waals surface area contributed by atoms with E-state index in [0.29, 0.717) is 19.3 Å². The third-order valence-corrected chi connectivity index (χ3v) is 15.1. The van der Waals surface area contributed by atoms with Crippen molar-refractivity contribution in [3.63, 3.8) is 0 Å². The summed E-state index contributed by atoms with van der Waals surface area (Å²) in [6.45, 7) is 6.56. The highest BCUT2D eigenvalue weighted by atomic mass is 16.6. The molecule has 0 aliphatic heterocycles. The first-order valence-electron chi connectivity index (χ1n) is 34.6. The van der Waals surface area contributed by atoms with Crippen molar-refractivity contribution in [1.29, 1.82) is 0 Å². The first-order chi connectivity index (χ1) is 39.5. The van der Waals surface area contributed by atoms with Gasteiger partial charge in [-0.1, -0.05) is 318 Å². The van der Waals surface area contributed by atoms with Crippen molar-refractivity contribution in [1.82, 2.24) is 0 Å². The highest BCUT2D eigenvalue weighted by molar-refractivity contribution is 5.71. The maximum Gasteiger partial charge on any atom is 0.306 e. The Kier molecular flexibility index (Phi) is 65.2. The van der Waals surface area contributed by atoms with Crippen LogP contribution in [0.25, 0.3) is 0 Å². The van der Waals surface area contributed by atoms with E-state index in [1.807, 2.05) is 0 Å². The quantitative estimate of drug-likeness (QED) is 0.0261. The number of allylic oxidation sites excluding steroid dienone is 14. The number of unbranched alkanes of at least 4 members (excludes halogenated alkanes) is 38. The maximum atomic E-state index is 13.0. The summed E-state index contributed by atoms with van der Waals surface area (Å²) in [6.07, 6.45) is 90.2. The lowest BCUT2D eigenvalue weighted by Gasteiger charge is -2.18. The summed E-state index contributed by atoms with van der Waals surface area (Å²) in [7, 11) is 0. The van der Waals surface area contributed by atoms with E-state index in [1.165, 1.54) is 199 Å². The molecule has 0 aromatic carbocycles. The van der Waals surface area contributed by atoms with E-state index in [-0.39, 0.29) is 31.1 Å². The van der Waals surface area contributed by atoms with Gasteiger partial charge in [-0.2, -0.15) is 0 Å². The molecule has 0 aliphatic carbocycles. The zero-order chi connectivity index (χ0) is 57.8. The molecule has 462 valence electrons. The fraction of sp³-hybridized carbons (Fsp3) is 0.770. The molecule has 0 saturated heterocycles. The zero-order valence-electron chi connectivity index (χ0n) is 53.1. The van der Waals surface area contributed by atoms with Crippen LogP contribution in [0, 0.1) is 0 Å². The minimum Gasteiger partial charge on any atom is -0.462 e. The molecule has 0 radical (unpaired) electrons.